The fraction of sp³-hybridized carbons (Fsp3) is 0.458. The Hall–Kier alpha value is -3.02. The molecule has 4 rings (SSSR count). The number of sulfonamides is 1. The number of methoxy groups -OCH3 is 3. The van der Waals surface area contributed by atoms with Crippen LogP contribution in [-0.2, 0) is 14.8 Å². The van der Waals surface area contributed by atoms with Crippen LogP contribution in [0.15, 0.2) is 41.3 Å². The first-order chi connectivity index (χ1) is 16.9. The van der Waals surface area contributed by atoms with E-state index in [1.807, 2.05) is 4.90 Å². The van der Waals surface area contributed by atoms with Gasteiger partial charge < -0.3 is 28.7 Å². The molecule has 2 aromatic rings. The van der Waals surface area contributed by atoms with Gasteiger partial charge in [0.1, 0.15) is 17.2 Å². The van der Waals surface area contributed by atoms with Gasteiger partial charge in [0.25, 0.3) is 5.91 Å². The summed E-state index contributed by atoms with van der Waals surface area (Å²) in [5.74, 6) is 1.57. The third-order valence-corrected chi connectivity index (χ3v) is 8.16. The Kier molecular flexibility index (Phi) is 7.68. The molecular weight excluding hydrogens is 474 g/mol. The number of rotatable bonds is 7. The molecule has 0 saturated carbocycles. The first kappa shape index (κ1) is 25.1. The summed E-state index contributed by atoms with van der Waals surface area (Å²) in [6.45, 7) is 3.45. The zero-order valence-electron chi connectivity index (χ0n) is 20.2. The molecule has 190 valence electrons. The molecule has 1 amide bonds. The van der Waals surface area contributed by atoms with Crippen LogP contribution < -0.4 is 19.1 Å². The number of hydrogen-bond donors (Lipinski definition) is 0. The van der Waals surface area contributed by atoms with E-state index >= 15 is 0 Å². The number of piperazine rings is 1. The molecular formula is C24H31N3O7S. The van der Waals surface area contributed by atoms with Gasteiger partial charge in [-0.05, 0) is 30.3 Å². The summed E-state index contributed by atoms with van der Waals surface area (Å²) < 4.78 is 49.2. The predicted molar refractivity (Wildman–Crippen MR) is 130 cm³/mol. The van der Waals surface area contributed by atoms with Crippen LogP contribution >= 0.6 is 0 Å². The summed E-state index contributed by atoms with van der Waals surface area (Å²) in [7, 11) is 1.01. The maximum Gasteiger partial charge on any atom is 0.254 e. The normalized spacial score (nSPS) is 17.2. The van der Waals surface area contributed by atoms with Crippen molar-refractivity contribution in [3.05, 3.63) is 42.0 Å². The summed E-state index contributed by atoms with van der Waals surface area (Å²) in [6, 6.07) is 10.0. The maximum atomic E-state index is 13.2. The van der Waals surface area contributed by atoms with Gasteiger partial charge in [-0.15, -0.1) is 0 Å². The van der Waals surface area contributed by atoms with Crippen molar-refractivity contribution in [2.75, 3.05) is 78.7 Å². The van der Waals surface area contributed by atoms with Crippen LogP contribution in [0.4, 0.5) is 5.69 Å². The van der Waals surface area contributed by atoms with Crippen molar-refractivity contribution in [1.82, 2.24) is 9.21 Å². The molecule has 2 aliphatic rings. The molecule has 10 nitrogen and oxygen atoms in total. The molecule has 35 heavy (non-hydrogen) atoms. The first-order valence-corrected chi connectivity index (χ1v) is 12.8. The second-order valence-electron chi connectivity index (χ2n) is 8.23. The number of hydrogen-bond acceptors (Lipinski definition) is 8. The zero-order valence-corrected chi connectivity index (χ0v) is 21.0. The molecule has 2 saturated heterocycles. The Balaban J connectivity index is 1.51. The lowest BCUT2D eigenvalue weighted by atomic mass is 10.1. The molecule has 0 spiro atoms. The molecule has 0 atom stereocenters. The fourth-order valence-electron chi connectivity index (χ4n) is 4.28. The highest BCUT2D eigenvalue weighted by Gasteiger charge is 2.29. The Morgan fingerprint density at radius 2 is 1.46 bits per heavy atom. The van der Waals surface area contributed by atoms with Gasteiger partial charge in [0, 0.05) is 50.9 Å². The molecule has 0 bridgehead atoms. The number of anilines is 1. The van der Waals surface area contributed by atoms with Crippen LogP contribution in [-0.4, -0.2) is 97.3 Å². The quantitative estimate of drug-likeness (QED) is 0.561. The van der Waals surface area contributed by atoms with Crippen molar-refractivity contribution in [3.8, 4) is 17.2 Å². The molecule has 0 unspecified atom stereocenters. The van der Waals surface area contributed by atoms with E-state index in [-0.39, 0.29) is 10.8 Å². The standard InChI is InChI=1S/C24H31N3O7S/c1-31-19-14-18(15-20(16-19)32-2)24(28)26-8-6-25(7-9-26)22-17-21(4-5-23(22)33-3)35(29,30)27-10-12-34-13-11-27/h4-5,14-17H,6-13H2,1-3H3. The lowest BCUT2D eigenvalue weighted by molar-refractivity contribution is 0.0730. The summed E-state index contributed by atoms with van der Waals surface area (Å²) >= 11 is 0. The highest BCUT2D eigenvalue weighted by molar-refractivity contribution is 7.89. The molecule has 0 aromatic heterocycles. The van der Waals surface area contributed by atoms with Crippen LogP contribution in [0.25, 0.3) is 0 Å². The van der Waals surface area contributed by atoms with E-state index < -0.39 is 10.0 Å². The monoisotopic (exact) mass is 505 g/mol. The minimum absolute atomic E-state index is 0.113. The van der Waals surface area contributed by atoms with Crippen molar-refractivity contribution in [2.24, 2.45) is 0 Å². The van der Waals surface area contributed by atoms with Crippen molar-refractivity contribution in [2.45, 2.75) is 4.90 Å². The largest absolute Gasteiger partial charge is 0.497 e. The van der Waals surface area contributed by atoms with Crippen LogP contribution in [0.3, 0.4) is 0 Å². The van der Waals surface area contributed by atoms with E-state index in [1.165, 1.54) is 4.31 Å². The predicted octanol–water partition coefficient (Wildman–Crippen LogP) is 1.70. The van der Waals surface area contributed by atoms with E-state index in [0.29, 0.717) is 81.0 Å². The minimum Gasteiger partial charge on any atom is -0.497 e. The number of ether oxygens (including phenoxy) is 4. The van der Waals surface area contributed by atoms with E-state index in [1.54, 1.807) is 62.6 Å². The Bertz CT molecular complexity index is 1140. The molecule has 11 heteroatoms. The van der Waals surface area contributed by atoms with E-state index in [2.05, 4.69) is 0 Å². The molecule has 2 aliphatic heterocycles. The highest BCUT2D eigenvalue weighted by atomic mass is 32.2. The van der Waals surface area contributed by atoms with Gasteiger partial charge in [0.05, 0.1) is 45.1 Å². The maximum absolute atomic E-state index is 13.2. The highest BCUT2D eigenvalue weighted by Crippen LogP contribution is 2.33. The molecule has 2 heterocycles. The molecule has 0 N–H and O–H groups in total. The average Bonchev–Trinajstić information content (AvgIpc) is 2.92. The lowest BCUT2D eigenvalue weighted by Crippen LogP contribution is -2.49. The van der Waals surface area contributed by atoms with Crippen molar-refractivity contribution in [3.63, 3.8) is 0 Å². The first-order valence-electron chi connectivity index (χ1n) is 11.4. The van der Waals surface area contributed by atoms with Crippen molar-refractivity contribution in [1.29, 1.82) is 0 Å². The second kappa shape index (κ2) is 10.7. The van der Waals surface area contributed by atoms with Crippen LogP contribution in [0.5, 0.6) is 17.2 Å². The van der Waals surface area contributed by atoms with Gasteiger partial charge in [-0.2, -0.15) is 4.31 Å². The Morgan fingerprint density at radius 1 is 0.829 bits per heavy atom. The number of nitrogens with zero attached hydrogens (tertiary/aromatic N) is 3. The Morgan fingerprint density at radius 3 is 2.03 bits per heavy atom. The van der Waals surface area contributed by atoms with Crippen molar-refractivity contribution >= 4 is 21.6 Å². The summed E-state index contributed by atoms with van der Waals surface area (Å²) in [5, 5.41) is 0. The van der Waals surface area contributed by atoms with Gasteiger partial charge in [-0.25, -0.2) is 8.42 Å². The third-order valence-electron chi connectivity index (χ3n) is 6.26. The second-order valence-corrected chi connectivity index (χ2v) is 10.2. The Labute approximate surface area is 206 Å². The average molecular weight is 506 g/mol. The van der Waals surface area contributed by atoms with Crippen LogP contribution in [0.1, 0.15) is 10.4 Å². The van der Waals surface area contributed by atoms with Crippen molar-refractivity contribution < 1.29 is 32.2 Å². The number of amides is 1. The van der Waals surface area contributed by atoms with Gasteiger partial charge in [0.2, 0.25) is 10.0 Å². The van der Waals surface area contributed by atoms with Gasteiger partial charge >= 0.3 is 0 Å². The molecule has 0 radical (unpaired) electrons. The zero-order chi connectivity index (χ0) is 25.0. The number of carbonyl (C=O) groups is 1. The summed E-state index contributed by atoms with van der Waals surface area (Å²) in [5.41, 5.74) is 1.18. The molecule has 2 aromatic carbocycles. The van der Waals surface area contributed by atoms with Gasteiger partial charge in [-0.3, -0.25) is 4.79 Å². The number of benzene rings is 2. The summed E-state index contributed by atoms with van der Waals surface area (Å²) in [6.07, 6.45) is 0. The third kappa shape index (κ3) is 5.31. The SMILES string of the molecule is COc1cc(OC)cc(C(=O)N2CCN(c3cc(S(=O)(=O)N4CCOCC4)ccc3OC)CC2)c1. The number of morpholine rings is 1. The lowest BCUT2D eigenvalue weighted by Gasteiger charge is -2.37. The van der Waals surface area contributed by atoms with E-state index in [4.69, 9.17) is 18.9 Å². The number of carbonyl (C=O) groups excluding carboxylic acids is 1. The topological polar surface area (TPSA) is 97.9 Å². The smallest absolute Gasteiger partial charge is 0.254 e. The van der Waals surface area contributed by atoms with Crippen LogP contribution in [0, 0.1) is 0 Å². The van der Waals surface area contributed by atoms with Gasteiger partial charge in [0.15, 0.2) is 0 Å². The van der Waals surface area contributed by atoms with Crippen LogP contribution in [0.2, 0.25) is 0 Å². The fourth-order valence-corrected chi connectivity index (χ4v) is 5.71. The summed E-state index contributed by atoms with van der Waals surface area (Å²) in [4.78, 5) is 17.2. The minimum atomic E-state index is -3.64. The molecule has 2 fully saturated rings. The van der Waals surface area contributed by atoms with Gasteiger partial charge in [-0.1, -0.05) is 0 Å². The molecule has 0 aliphatic carbocycles. The van der Waals surface area contributed by atoms with E-state index in [0.717, 1.165) is 0 Å². The van der Waals surface area contributed by atoms with E-state index in [9.17, 15) is 13.2 Å².